The number of hydrogen-bond acceptors (Lipinski definition) is 6. The lowest BCUT2D eigenvalue weighted by atomic mass is 10.1. The summed E-state index contributed by atoms with van der Waals surface area (Å²) in [5, 5.41) is 2.98. The molecule has 1 N–H and O–H groups in total. The number of aromatic nitrogens is 3. The number of nitrogens with one attached hydrogen (secondary N) is 1. The highest BCUT2D eigenvalue weighted by Crippen LogP contribution is 2.18. The highest BCUT2D eigenvalue weighted by molar-refractivity contribution is 5.94. The molecular weight excluding hydrogens is 364 g/mol. The van der Waals surface area contributed by atoms with Gasteiger partial charge in [-0.1, -0.05) is 29.8 Å². The Balaban J connectivity index is 1.37. The van der Waals surface area contributed by atoms with Crippen molar-refractivity contribution in [2.24, 2.45) is 0 Å². The highest BCUT2D eigenvalue weighted by atomic mass is 16.1. The van der Waals surface area contributed by atoms with Crippen molar-refractivity contribution in [1.29, 1.82) is 0 Å². The van der Waals surface area contributed by atoms with E-state index in [4.69, 9.17) is 0 Å². The number of benzene rings is 1. The van der Waals surface area contributed by atoms with Crippen molar-refractivity contribution in [1.82, 2.24) is 20.3 Å². The van der Waals surface area contributed by atoms with Gasteiger partial charge in [0, 0.05) is 51.3 Å². The van der Waals surface area contributed by atoms with E-state index in [1.807, 2.05) is 43.5 Å². The molecule has 0 bridgehead atoms. The van der Waals surface area contributed by atoms with Crippen LogP contribution in [0.3, 0.4) is 0 Å². The lowest BCUT2D eigenvalue weighted by molar-refractivity contribution is 0.0950. The molecule has 0 unspecified atom stereocenters. The van der Waals surface area contributed by atoms with Crippen LogP contribution in [0.2, 0.25) is 0 Å². The number of piperazine rings is 1. The quantitative estimate of drug-likeness (QED) is 0.724. The van der Waals surface area contributed by atoms with Crippen molar-refractivity contribution in [3.63, 3.8) is 0 Å². The van der Waals surface area contributed by atoms with Crippen molar-refractivity contribution in [2.75, 3.05) is 36.0 Å². The van der Waals surface area contributed by atoms with E-state index < -0.39 is 0 Å². The molecule has 1 amide bonds. The second-order valence-electron chi connectivity index (χ2n) is 7.13. The normalized spacial score (nSPS) is 14.0. The molecule has 1 aromatic carbocycles. The Bertz CT molecular complexity index is 970. The molecule has 1 saturated heterocycles. The number of nitrogens with zero attached hydrogens (tertiary/aromatic N) is 5. The van der Waals surface area contributed by atoms with Gasteiger partial charge in [0.15, 0.2) is 0 Å². The topological polar surface area (TPSA) is 74.2 Å². The third-order valence-electron chi connectivity index (χ3n) is 5.00. The molecular formula is C22H24N6O. The Labute approximate surface area is 170 Å². The maximum Gasteiger partial charge on any atom is 0.253 e. The number of rotatable bonds is 5. The van der Waals surface area contributed by atoms with Gasteiger partial charge in [-0.15, -0.1) is 0 Å². The van der Waals surface area contributed by atoms with Gasteiger partial charge in [-0.25, -0.2) is 9.97 Å². The van der Waals surface area contributed by atoms with Gasteiger partial charge in [0.05, 0.1) is 17.4 Å². The maximum atomic E-state index is 12.6. The first-order chi connectivity index (χ1) is 14.2. The van der Waals surface area contributed by atoms with Crippen LogP contribution in [0.15, 0.2) is 61.2 Å². The molecule has 3 heterocycles. The zero-order chi connectivity index (χ0) is 20.1. The molecule has 1 aliphatic heterocycles. The lowest BCUT2D eigenvalue weighted by Gasteiger charge is -2.35. The molecule has 29 heavy (non-hydrogen) atoms. The van der Waals surface area contributed by atoms with Crippen LogP contribution in [-0.2, 0) is 6.54 Å². The molecule has 2 aromatic heterocycles. The Hall–Kier alpha value is -3.48. The first-order valence-electron chi connectivity index (χ1n) is 9.75. The van der Waals surface area contributed by atoms with Crippen LogP contribution in [0.4, 0.5) is 11.6 Å². The number of amides is 1. The molecule has 0 atom stereocenters. The second kappa shape index (κ2) is 8.68. The van der Waals surface area contributed by atoms with E-state index in [-0.39, 0.29) is 5.91 Å². The fourth-order valence-corrected chi connectivity index (χ4v) is 3.45. The zero-order valence-electron chi connectivity index (χ0n) is 16.5. The zero-order valence-corrected chi connectivity index (χ0v) is 16.5. The predicted molar refractivity (Wildman–Crippen MR) is 113 cm³/mol. The summed E-state index contributed by atoms with van der Waals surface area (Å²) in [5.74, 6) is 0.645. The molecule has 1 fully saturated rings. The van der Waals surface area contributed by atoms with Crippen LogP contribution in [0.25, 0.3) is 0 Å². The number of carbonyl (C=O) groups is 1. The number of pyridine rings is 1. The fourth-order valence-electron chi connectivity index (χ4n) is 3.45. The molecule has 0 saturated carbocycles. The number of carbonyl (C=O) groups excluding carboxylic acids is 1. The first-order valence-corrected chi connectivity index (χ1v) is 9.75. The maximum absolute atomic E-state index is 12.6. The molecule has 7 nitrogen and oxygen atoms in total. The highest BCUT2D eigenvalue weighted by Gasteiger charge is 2.20. The first kappa shape index (κ1) is 18.9. The fraction of sp³-hybridized carbons (Fsp3) is 0.273. The molecule has 1 aliphatic rings. The summed E-state index contributed by atoms with van der Waals surface area (Å²) < 4.78 is 0. The van der Waals surface area contributed by atoms with Gasteiger partial charge in [-0.2, -0.15) is 0 Å². The molecule has 0 aliphatic carbocycles. The monoisotopic (exact) mass is 388 g/mol. The number of hydrogen-bond donors (Lipinski definition) is 1. The van der Waals surface area contributed by atoms with Gasteiger partial charge in [0.25, 0.3) is 5.91 Å². The number of anilines is 2. The van der Waals surface area contributed by atoms with E-state index in [2.05, 4.69) is 36.1 Å². The minimum absolute atomic E-state index is 0.114. The summed E-state index contributed by atoms with van der Waals surface area (Å²) in [7, 11) is 0. The van der Waals surface area contributed by atoms with Gasteiger partial charge < -0.3 is 15.1 Å². The van der Waals surface area contributed by atoms with Gasteiger partial charge in [-0.05, 0) is 24.6 Å². The van der Waals surface area contributed by atoms with E-state index in [1.54, 1.807) is 18.6 Å². The minimum atomic E-state index is -0.114. The van der Waals surface area contributed by atoms with Crippen molar-refractivity contribution in [3.05, 3.63) is 77.9 Å². The van der Waals surface area contributed by atoms with Gasteiger partial charge in [0.1, 0.15) is 0 Å². The van der Waals surface area contributed by atoms with Gasteiger partial charge in [0.2, 0.25) is 5.95 Å². The summed E-state index contributed by atoms with van der Waals surface area (Å²) in [5.41, 5.74) is 3.80. The summed E-state index contributed by atoms with van der Waals surface area (Å²) >= 11 is 0. The van der Waals surface area contributed by atoms with Gasteiger partial charge >= 0.3 is 0 Å². The summed E-state index contributed by atoms with van der Waals surface area (Å²) in [6.07, 6.45) is 6.95. The predicted octanol–water partition coefficient (Wildman–Crippen LogP) is 2.44. The Morgan fingerprint density at radius 3 is 2.52 bits per heavy atom. The molecule has 7 heteroatoms. The third kappa shape index (κ3) is 4.68. The van der Waals surface area contributed by atoms with E-state index >= 15 is 0 Å². The van der Waals surface area contributed by atoms with Crippen LogP contribution in [0.5, 0.6) is 0 Å². The van der Waals surface area contributed by atoms with Crippen molar-refractivity contribution >= 4 is 17.5 Å². The van der Waals surface area contributed by atoms with Crippen molar-refractivity contribution < 1.29 is 4.79 Å². The van der Waals surface area contributed by atoms with Crippen LogP contribution >= 0.6 is 0 Å². The summed E-state index contributed by atoms with van der Waals surface area (Å²) in [6.45, 7) is 5.85. The molecule has 0 radical (unpaired) electrons. The van der Waals surface area contributed by atoms with E-state index in [9.17, 15) is 4.79 Å². The smallest absolute Gasteiger partial charge is 0.253 e. The van der Waals surface area contributed by atoms with Crippen molar-refractivity contribution in [2.45, 2.75) is 13.5 Å². The lowest BCUT2D eigenvalue weighted by Crippen LogP contribution is -2.47. The van der Waals surface area contributed by atoms with E-state index in [1.165, 1.54) is 5.56 Å². The Morgan fingerprint density at radius 1 is 1.00 bits per heavy atom. The van der Waals surface area contributed by atoms with Gasteiger partial charge in [-0.3, -0.25) is 9.78 Å². The van der Waals surface area contributed by atoms with Crippen LogP contribution < -0.4 is 15.1 Å². The summed E-state index contributed by atoms with van der Waals surface area (Å²) in [4.78, 5) is 29.9. The molecule has 0 spiro atoms. The minimum Gasteiger partial charge on any atom is -0.367 e. The van der Waals surface area contributed by atoms with E-state index in [0.717, 1.165) is 43.4 Å². The standard InChI is InChI=1S/C22H24N6O/c1-17-4-2-5-18(12-17)14-26-21(29)19-13-20(16-23-15-19)27-8-10-28(11-9-27)22-24-6-3-7-25-22/h2-7,12-13,15-16H,8-11,14H2,1H3,(H,26,29). The Kier molecular flexibility index (Phi) is 5.65. The largest absolute Gasteiger partial charge is 0.367 e. The Morgan fingerprint density at radius 2 is 1.76 bits per heavy atom. The van der Waals surface area contributed by atoms with Crippen molar-refractivity contribution in [3.8, 4) is 0 Å². The van der Waals surface area contributed by atoms with Crippen LogP contribution in [-0.4, -0.2) is 47.0 Å². The average Bonchev–Trinajstić information content (AvgIpc) is 2.78. The molecule has 3 aromatic rings. The molecule has 4 rings (SSSR count). The average molecular weight is 388 g/mol. The van der Waals surface area contributed by atoms with E-state index in [0.29, 0.717) is 12.1 Å². The number of aryl methyl sites for hydroxylation is 1. The second-order valence-corrected chi connectivity index (χ2v) is 7.13. The van der Waals surface area contributed by atoms with Crippen LogP contribution in [0, 0.1) is 6.92 Å². The third-order valence-corrected chi connectivity index (χ3v) is 5.00. The molecule has 148 valence electrons. The summed E-state index contributed by atoms with van der Waals surface area (Å²) in [6, 6.07) is 11.9. The van der Waals surface area contributed by atoms with Crippen LogP contribution in [0.1, 0.15) is 21.5 Å². The SMILES string of the molecule is Cc1cccc(CNC(=O)c2cncc(N3CCN(c4ncccn4)CC3)c2)c1.